The fourth-order valence-electron chi connectivity index (χ4n) is 3.94. The lowest BCUT2D eigenvalue weighted by Crippen LogP contribution is -2.52. The highest BCUT2D eigenvalue weighted by Gasteiger charge is 2.40. The molecule has 1 saturated heterocycles. The quantitative estimate of drug-likeness (QED) is 0.531. The van der Waals surface area contributed by atoms with Crippen molar-refractivity contribution in [3.05, 3.63) is 29.3 Å². The van der Waals surface area contributed by atoms with E-state index in [0.29, 0.717) is 25.1 Å². The molecule has 3 N–H and O–H groups in total. The Balaban J connectivity index is 1.84. The maximum atomic E-state index is 12.9. The highest BCUT2D eigenvalue weighted by Crippen LogP contribution is 2.34. The van der Waals surface area contributed by atoms with Gasteiger partial charge in [-0.05, 0) is 44.4 Å². The van der Waals surface area contributed by atoms with Gasteiger partial charge in [-0.2, -0.15) is 0 Å². The molecule has 0 bridgehead atoms. The third kappa shape index (κ3) is 3.98. The molecule has 1 unspecified atom stereocenters. The van der Waals surface area contributed by atoms with Gasteiger partial charge in [0.2, 0.25) is 11.8 Å². The molecule has 7 nitrogen and oxygen atoms in total. The standard InChI is InChI=1S/C20H28N4O3/c1-2-11-23(12-4-3-10-21)16-7-5-6-14-15(16)13-24(20(14)27)17-8-9-18(25)22-19(17)26/h5-7,17H,2-4,8-13,21H2,1H3,(H,22,25,26). The highest BCUT2D eigenvalue weighted by molar-refractivity contribution is 6.06. The number of carbonyl (C=O) groups excluding carboxylic acids is 3. The van der Waals surface area contributed by atoms with Crippen LogP contribution in [-0.4, -0.2) is 48.3 Å². The smallest absolute Gasteiger partial charge is 0.255 e. The molecule has 2 aliphatic heterocycles. The Morgan fingerprint density at radius 2 is 2.04 bits per heavy atom. The number of piperidine rings is 1. The number of benzene rings is 1. The lowest BCUT2D eigenvalue weighted by atomic mass is 10.0. The maximum Gasteiger partial charge on any atom is 0.255 e. The van der Waals surface area contributed by atoms with Crippen LogP contribution in [0, 0.1) is 0 Å². The van der Waals surface area contributed by atoms with Crippen LogP contribution < -0.4 is 16.0 Å². The maximum absolute atomic E-state index is 12.9. The summed E-state index contributed by atoms with van der Waals surface area (Å²) >= 11 is 0. The normalized spacial score (nSPS) is 19.3. The van der Waals surface area contributed by atoms with Gasteiger partial charge in [-0.15, -0.1) is 0 Å². The minimum Gasteiger partial charge on any atom is -0.371 e. The predicted octanol–water partition coefficient (Wildman–Crippen LogP) is 1.40. The van der Waals surface area contributed by atoms with Gasteiger partial charge in [-0.25, -0.2) is 0 Å². The van der Waals surface area contributed by atoms with E-state index in [0.717, 1.165) is 43.6 Å². The minimum absolute atomic E-state index is 0.125. The summed E-state index contributed by atoms with van der Waals surface area (Å²) in [6, 6.07) is 5.22. The molecule has 0 aliphatic carbocycles. The number of hydrogen-bond donors (Lipinski definition) is 2. The molecular formula is C20H28N4O3. The molecule has 1 aromatic carbocycles. The largest absolute Gasteiger partial charge is 0.371 e. The summed E-state index contributed by atoms with van der Waals surface area (Å²) in [5.74, 6) is -0.766. The van der Waals surface area contributed by atoms with E-state index in [1.807, 2.05) is 12.1 Å². The summed E-state index contributed by atoms with van der Waals surface area (Å²) in [5, 5.41) is 2.35. The van der Waals surface area contributed by atoms with Crippen molar-refractivity contribution in [2.45, 2.75) is 51.6 Å². The van der Waals surface area contributed by atoms with Gasteiger partial charge in [0.25, 0.3) is 5.91 Å². The van der Waals surface area contributed by atoms with Gasteiger partial charge in [-0.1, -0.05) is 13.0 Å². The van der Waals surface area contributed by atoms with E-state index in [-0.39, 0.29) is 24.1 Å². The van der Waals surface area contributed by atoms with E-state index in [1.54, 1.807) is 4.90 Å². The first-order chi connectivity index (χ1) is 13.1. The fourth-order valence-corrected chi connectivity index (χ4v) is 3.94. The summed E-state index contributed by atoms with van der Waals surface area (Å²) in [6.07, 6.45) is 3.64. The average molecular weight is 372 g/mol. The van der Waals surface area contributed by atoms with Crippen LogP contribution in [-0.2, 0) is 16.1 Å². The third-order valence-corrected chi connectivity index (χ3v) is 5.27. The van der Waals surface area contributed by atoms with Crippen LogP contribution in [0.2, 0.25) is 0 Å². The van der Waals surface area contributed by atoms with Crippen molar-refractivity contribution in [3.63, 3.8) is 0 Å². The van der Waals surface area contributed by atoms with Crippen molar-refractivity contribution >= 4 is 23.4 Å². The number of nitrogens with one attached hydrogen (secondary N) is 1. The first kappa shape index (κ1) is 19.4. The van der Waals surface area contributed by atoms with Gasteiger partial charge in [0.1, 0.15) is 6.04 Å². The van der Waals surface area contributed by atoms with E-state index >= 15 is 0 Å². The summed E-state index contributed by atoms with van der Waals surface area (Å²) in [4.78, 5) is 40.5. The molecule has 27 heavy (non-hydrogen) atoms. The topological polar surface area (TPSA) is 95.7 Å². The number of fused-ring (bicyclic) bond motifs is 1. The molecule has 7 heteroatoms. The van der Waals surface area contributed by atoms with Crippen LogP contribution in [0.5, 0.6) is 0 Å². The number of unbranched alkanes of at least 4 members (excludes halogenated alkanes) is 1. The number of nitrogens with zero attached hydrogens (tertiary/aromatic N) is 2. The molecule has 0 aromatic heterocycles. The van der Waals surface area contributed by atoms with Gasteiger partial charge < -0.3 is 15.5 Å². The number of hydrogen-bond acceptors (Lipinski definition) is 5. The Hall–Kier alpha value is -2.41. The van der Waals surface area contributed by atoms with E-state index in [1.165, 1.54) is 0 Å². The van der Waals surface area contributed by atoms with Crippen molar-refractivity contribution in [2.24, 2.45) is 5.73 Å². The van der Waals surface area contributed by atoms with Crippen molar-refractivity contribution < 1.29 is 14.4 Å². The van der Waals surface area contributed by atoms with Crippen LogP contribution in [0.4, 0.5) is 5.69 Å². The van der Waals surface area contributed by atoms with Gasteiger partial charge >= 0.3 is 0 Å². The van der Waals surface area contributed by atoms with Crippen molar-refractivity contribution in [2.75, 3.05) is 24.5 Å². The van der Waals surface area contributed by atoms with Crippen molar-refractivity contribution in [1.29, 1.82) is 0 Å². The molecule has 1 fully saturated rings. The molecular weight excluding hydrogens is 344 g/mol. The molecule has 1 aromatic rings. The van der Waals surface area contributed by atoms with E-state index < -0.39 is 6.04 Å². The lowest BCUT2D eigenvalue weighted by Gasteiger charge is -2.30. The molecule has 146 valence electrons. The summed E-state index contributed by atoms with van der Waals surface area (Å²) in [5.41, 5.74) is 8.34. The summed E-state index contributed by atoms with van der Waals surface area (Å²) < 4.78 is 0. The highest BCUT2D eigenvalue weighted by atomic mass is 16.2. The molecule has 3 rings (SSSR count). The summed E-state index contributed by atoms with van der Waals surface area (Å²) in [7, 11) is 0. The second-order valence-electron chi connectivity index (χ2n) is 7.19. The Morgan fingerprint density at radius 1 is 1.22 bits per heavy atom. The van der Waals surface area contributed by atoms with Gasteiger partial charge in [0.15, 0.2) is 0 Å². The van der Waals surface area contributed by atoms with Crippen LogP contribution in [0.15, 0.2) is 18.2 Å². The minimum atomic E-state index is -0.577. The Bertz CT molecular complexity index is 734. The number of imide groups is 1. The van der Waals surface area contributed by atoms with E-state index in [2.05, 4.69) is 23.2 Å². The second kappa shape index (κ2) is 8.52. The number of amides is 3. The molecule has 0 spiro atoms. The molecule has 2 aliphatic rings. The molecule has 3 amide bonds. The van der Waals surface area contributed by atoms with Crippen molar-refractivity contribution in [1.82, 2.24) is 10.2 Å². The molecule has 2 heterocycles. The molecule has 1 atom stereocenters. The second-order valence-corrected chi connectivity index (χ2v) is 7.19. The van der Waals surface area contributed by atoms with Crippen LogP contribution >= 0.6 is 0 Å². The summed E-state index contributed by atoms with van der Waals surface area (Å²) in [6.45, 7) is 5.03. The van der Waals surface area contributed by atoms with E-state index in [4.69, 9.17) is 5.73 Å². The van der Waals surface area contributed by atoms with Crippen LogP contribution in [0.3, 0.4) is 0 Å². The van der Waals surface area contributed by atoms with E-state index in [9.17, 15) is 14.4 Å². The van der Waals surface area contributed by atoms with Crippen LogP contribution in [0.1, 0.15) is 54.9 Å². The Labute approximate surface area is 159 Å². The van der Waals surface area contributed by atoms with Gasteiger partial charge in [0.05, 0.1) is 0 Å². The fraction of sp³-hybridized carbons (Fsp3) is 0.550. The monoisotopic (exact) mass is 372 g/mol. The third-order valence-electron chi connectivity index (χ3n) is 5.27. The van der Waals surface area contributed by atoms with Crippen molar-refractivity contribution in [3.8, 4) is 0 Å². The SMILES string of the molecule is CCCN(CCCCN)c1cccc2c1CN(C1CCC(=O)NC1=O)C2=O. The lowest BCUT2D eigenvalue weighted by molar-refractivity contribution is -0.136. The number of anilines is 1. The van der Waals surface area contributed by atoms with Crippen LogP contribution in [0.25, 0.3) is 0 Å². The molecule has 0 radical (unpaired) electrons. The average Bonchev–Trinajstić information content (AvgIpc) is 2.98. The van der Waals surface area contributed by atoms with Gasteiger partial charge in [-0.3, -0.25) is 19.7 Å². The number of rotatable bonds is 8. The number of carbonyl (C=O) groups is 3. The first-order valence-electron chi connectivity index (χ1n) is 9.78. The Kier molecular flexibility index (Phi) is 6.11. The number of nitrogens with two attached hydrogens (primary N) is 1. The zero-order valence-corrected chi connectivity index (χ0v) is 15.9. The van der Waals surface area contributed by atoms with Gasteiger partial charge in [0, 0.05) is 42.9 Å². The molecule has 0 saturated carbocycles. The first-order valence-corrected chi connectivity index (χ1v) is 9.78. The zero-order chi connectivity index (χ0) is 19.4. The zero-order valence-electron chi connectivity index (χ0n) is 15.9. The Morgan fingerprint density at radius 3 is 2.74 bits per heavy atom. The predicted molar refractivity (Wildman–Crippen MR) is 103 cm³/mol.